The number of aromatic nitrogens is 1. The number of nitrogens with one attached hydrogen (secondary N) is 1. The molecular weight excluding hydrogens is 226 g/mol. The zero-order valence-corrected chi connectivity index (χ0v) is 11.7. The summed E-state index contributed by atoms with van der Waals surface area (Å²) in [6.07, 6.45) is 2.45. The monoisotopic (exact) mass is 249 g/mol. The zero-order valence-electron chi connectivity index (χ0n) is 11.7. The molecule has 1 aromatic heterocycles. The zero-order chi connectivity index (χ0) is 13.8. The maximum absolute atomic E-state index is 12.1. The lowest BCUT2D eigenvalue weighted by Crippen LogP contribution is -2.52. The van der Waals surface area contributed by atoms with Crippen LogP contribution in [-0.4, -0.2) is 23.0 Å². The molecular formula is C14H23N3O. The van der Waals surface area contributed by atoms with Gasteiger partial charge in [-0.1, -0.05) is 13.8 Å². The van der Waals surface area contributed by atoms with Crippen LogP contribution in [0.4, 0.5) is 0 Å². The molecule has 0 spiro atoms. The van der Waals surface area contributed by atoms with E-state index in [1.165, 1.54) is 0 Å². The Kier molecular flexibility index (Phi) is 4.84. The van der Waals surface area contributed by atoms with Crippen molar-refractivity contribution in [1.82, 2.24) is 10.3 Å². The van der Waals surface area contributed by atoms with Gasteiger partial charge in [0.2, 0.25) is 0 Å². The van der Waals surface area contributed by atoms with Gasteiger partial charge < -0.3 is 11.1 Å². The molecule has 1 aromatic rings. The summed E-state index contributed by atoms with van der Waals surface area (Å²) in [7, 11) is 0. The van der Waals surface area contributed by atoms with Crippen molar-refractivity contribution in [3.05, 3.63) is 29.6 Å². The molecule has 1 heterocycles. The number of hydrogen-bond acceptors (Lipinski definition) is 3. The summed E-state index contributed by atoms with van der Waals surface area (Å²) in [5.74, 6) is 0.367. The Hall–Kier alpha value is -1.42. The standard InChI is InChI=1S/C14H23N3O/c1-10(2)7-14(4,9-15)17-13(18)12-6-5-11(3)16-8-12/h5-6,8,10H,7,9,15H2,1-4H3,(H,17,18). The third kappa shape index (κ3) is 4.11. The van der Waals surface area contributed by atoms with Crippen molar-refractivity contribution in [1.29, 1.82) is 0 Å². The average molecular weight is 249 g/mol. The van der Waals surface area contributed by atoms with E-state index in [2.05, 4.69) is 24.1 Å². The van der Waals surface area contributed by atoms with Crippen LogP contribution in [0.1, 0.15) is 43.2 Å². The Morgan fingerprint density at radius 3 is 2.61 bits per heavy atom. The summed E-state index contributed by atoms with van der Waals surface area (Å²) in [6, 6.07) is 3.61. The van der Waals surface area contributed by atoms with Crippen molar-refractivity contribution < 1.29 is 4.79 Å². The first-order valence-electron chi connectivity index (χ1n) is 6.31. The Labute approximate surface area is 109 Å². The second-order valence-corrected chi connectivity index (χ2v) is 5.51. The molecule has 0 aromatic carbocycles. The van der Waals surface area contributed by atoms with Gasteiger partial charge in [-0.05, 0) is 38.3 Å². The molecule has 4 heteroatoms. The molecule has 0 aliphatic heterocycles. The van der Waals surface area contributed by atoms with Crippen LogP contribution in [0.3, 0.4) is 0 Å². The van der Waals surface area contributed by atoms with E-state index in [9.17, 15) is 4.79 Å². The minimum Gasteiger partial charge on any atom is -0.346 e. The summed E-state index contributed by atoms with van der Waals surface area (Å²) in [6.45, 7) is 8.54. The minimum absolute atomic E-state index is 0.115. The van der Waals surface area contributed by atoms with Crippen molar-refractivity contribution in [3.8, 4) is 0 Å². The molecule has 1 unspecified atom stereocenters. The first-order chi connectivity index (χ1) is 8.36. The third-order valence-corrected chi connectivity index (χ3v) is 2.90. The van der Waals surface area contributed by atoms with E-state index < -0.39 is 0 Å². The van der Waals surface area contributed by atoms with Crippen LogP contribution in [0, 0.1) is 12.8 Å². The SMILES string of the molecule is Cc1ccc(C(=O)NC(C)(CN)CC(C)C)cn1. The molecule has 0 aliphatic carbocycles. The molecule has 4 nitrogen and oxygen atoms in total. The van der Waals surface area contributed by atoms with E-state index in [-0.39, 0.29) is 11.4 Å². The smallest absolute Gasteiger partial charge is 0.253 e. The van der Waals surface area contributed by atoms with Gasteiger partial charge in [-0.15, -0.1) is 0 Å². The predicted molar refractivity (Wildman–Crippen MR) is 73.4 cm³/mol. The maximum atomic E-state index is 12.1. The van der Waals surface area contributed by atoms with E-state index in [1.807, 2.05) is 19.9 Å². The number of carbonyl (C=O) groups excluding carboxylic acids is 1. The van der Waals surface area contributed by atoms with Crippen LogP contribution in [0.25, 0.3) is 0 Å². The van der Waals surface area contributed by atoms with Crippen LogP contribution < -0.4 is 11.1 Å². The van der Waals surface area contributed by atoms with E-state index in [0.29, 0.717) is 18.0 Å². The van der Waals surface area contributed by atoms with Gasteiger partial charge in [-0.2, -0.15) is 0 Å². The molecule has 3 N–H and O–H groups in total. The number of aryl methyl sites for hydroxylation is 1. The lowest BCUT2D eigenvalue weighted by atomic mass is 9.90. The highest BCUT2D eigenvalue weighted by atomic mass is 16.1. The summed E-state index contributed by atoms with van der Waals surface area (Å²) >= 11 is 0. The number of nitrogens with two attached hydrogens (primary N) is 1. The van der Waals surface area contributed by atoms with Crippen LogP contribution >= 0.6 is 0 Å². The molecule has 0 bridgehead atoms. The second-order valence-electron chi connectivity index (χ2n) is 5.51. The molecule has 0 aliphatic rings. The second kappa shape index (κ2) is 5.96. The summed E-state index contributed by atoms with van der Waals surface area (Å²) in [4.78, 5) is 16.2. The maximum Gasteiger partial charge on any atom is 0.253 e. The quantitative estimate of drug-likeness (QED) is 0.837. The summed E-state index contributed by atoms with van der Waals surface area (Å²) in [5, 5.41) is 3.01. The van der Waals surface area contributed by atoms with Gasteiger partial charge in [0.15, 0.2) is 0 Å². The third-order valence-electron chi connectivity index (χ3n) is 2.90. The van der Waals surface area contributed by atoms with E-state index in [1.54, 1.807) is 12.3 Å². The molecule has 1 atom stereocenters. The van der Waals surface area contributed by atoms with Gasteiger partial charge in [-0.3, -0.25) is 9.78 Å². The number of hydrogen-bond donors (Lipinski definition) is 2. The molecule has 100 valence electrons. The van der Waals surface area contributed by atoms with Crippen molar-refractivity contribution >= 4 is 5.91 Å². The Balaban J connectivity index is 2.76. The van der Waals surface area contributed by atoms with Crippen molar-refractivity contribution in [2.24, 2.45) is 11.7 Å². The minimum atomic E-state index is -0.365. The average Bonchev–Trinajstić information content (AvgIpc) is 2.28. The number of amides is 1. The largest absolute Gasteiger partial charge is 0.346 e. The van der Waals surface area contributed by atoms with Crippen LogP contribution in [-0.2, 0) is 0 Å². The molecule has 1 rings (SSSR count). The molecule has 1 amide bonds. The van der Waals surface area contributed by atoms with Gasteiger partial charge in [0.05, 0.1) is 5.56 Å². The molecule has 18 heavy (non-hydrogen) atoms. The number of nitrogens with zero attached hydrogens (tertiary/aromatic N) is 1. The van der Waals surface area contributed by atoms with Crippen molar-refractivity contribution in [2.45, 2.75) is 39.7 Å². The fourth-order valence-electron chi connectivity index (χ4n) is 2.03. The molecule has 0 saturated heterocycles. The highest BCUT2D eigenvalue weighted by molar-refractivity contribution is 5.94. The van der Waals surface area contributed by atoms with Gasteiger partial charge in [0.1, 0.15) is 0 Å². The molecule has 0 saturated carbocycles. The van der Waals surface area contributed by atoms with Gasteiger partial charge in [0.25, 0.3) is 5.91 Å². The van der Waals surface area contributed by atoms with Gasteiger partial charge in [-0.25, -0.2) is 0 Å². The van der Waals surface area contributed by atoms with Crippen molar-refractivity contribution in [3.63, 3.8) is 0 Å². The lowest BCUT2D eigenvalue weighted by Gasteiger charge is -2.31. The summed E-state index contributed by atoms with van der Waals surface area (Å²) in [5.41, 5.74) is 6.88. The highest BCUT2D eigenvalue weighted by Gasteiger charge is 2.26. The fraction of sp³-hybridized carbons (Fsp3) is 0.571. The summed E-state index contributed by atoms with van der Waals surface area (Å²) < 4.78 is 0. The number of carbonyl (C=O) groups is 1. The Morgan fingerprint density at radius 1 is 1.50 bits per heavy atom. The number of pyridine rings is 1. The Bertz CT molecular complexity index is 400. The van der Waals surface area contributed by atoms with Crippen LogP contribution in [0.15, 0.2) is 18.3 Å². The van der Waals surface area contributed by atoms with Crippen LogP contribution in [0.5, 0.6) is 0 Å². The molecule has 0 radical (unpaired) electrons. The first kappa shape index (κ1) is 14.6. The van der Waals surface area contributed by atoms with Gasteiger partial charge >= 0.3 is 0 Å². The predicted octanol–water partition coefficient (Wildman–Crippen LogP) is 1.88. The topological polar surface area (TPSA) is 68.0 Å². The lowest BCUT2D eigenvalue weighted by molar-refractivity contribution is 0.0898. The Morgan fingerprint density at radius 2 is 2.17 bits per heavy atom. The normalized spacial score (nSPS) is 14.3. The van der Waals surface area contributed by atoms with E-state index in [4.69, 9.17) is 5.73 Å². The number of rotatable bonds is 5. The molecule has 0 fully saturated rings. The van der Waals surface area contributed by atoms with Crippen LogP contribution in [0.2, 0.25) is 0 Å². The highest BCUT2D eigenvalue weighted by Crippen LogP contribution is 2.16. The van der Waals surface area contributed by atoms with Crippen molar-refractivity contribution in [2.75, 3.05) is 6.54 Å². The fourth-order valence-corrected chi connectivity index (χ4v) is 2.03. The van der Waals surface area contributed by atoms with E-state index in [0.717, 1.165) is 12.1 Å². The van der Waals surface area contributed by atoms with E-state index >= 15 is 0 Å². The van der Waals surface area contributed by atoms with Gasteiger partial charge in [0, 0.05) is 24.0 Å². The first-order valence-corrected chi connectivity index (χ1v) is 6.31.